The molecule has 0 saturated carbocycles. The summed E-state index contributed by atoms with van der Waals surface area (Å²) in [5, 5.41) is 26.8. The molecule has 0 aliphatic rings. The first-order valence-electron chi connectivity index (χ1n) is 9.16. The van der Waals surface area contributed by atoms with Gasteiger partial charge >= 0.3 is 5.97 Å². The van der Waals surface area contributed by atoms with Crippen LogP contribution in [0, 0.1) is 13.8 Å². The van der Waals surface area contributed by atoms with Gasteiger partial charge in [0.05, 0.1) is 11.4 Å². The van der Waals surface area contributed by atoms with Gasteiger partial charge in [0.1, 0.15) is 0 Å². The average Bonchev–Trinajstić information content (AvgIpc) is 3.08. The molecule has 28 heavy (non-hydrogen) atoms. The Morgan fingerprint density at radius 1 is 1.14 bits per heavy atom. The fourth-order valence-corrected chi connectivity index (χ4v) is 2.90. The fourth-order valence-electron chi connectivity index (χ4n) is 2.90. The summed E-state index contributed by atoms with van der Waals surface area (Å²) in [5.74, 6) is -1.26. The third kappa shape index (κ3) is 4.30. The highest BCUT2D eigenvalue weighted by atomic mass is 16.4. The molecule has 1 heterocycles. The Balaban J connectivity index is 1.93. The van der Waals surface area contributed by atoms with Crippen molar-refractivity contribution in [3.05, 3.63) is 71.4 Å². The van der Waals surface area contributed by atoms with Crippen LogP contribution in [0.5, 0.6) is 0 Å². The van der Waals surface area contributed by atoms with Crippen LogP contribution in [0.3, 0.4) is 0 Å². The highest BCUT2D eigenvalue weighted by Gasteiger charge is 2.29. The summed E-state index contributed by atoms with van der Waals surface area (Å²) in [6.07, 6.45) is 1.93. The number of hydrogen-bond acceptors (Lipinski definition) is 4. The standard InChI is InChI=1S/C22H25N3O3/c1-15-9-10-17(11-16(15)2)20-18(12-23-14-22(3,28)21(26)27)13-25(24-20)19-7-5-4-6-8-19/h4-11,13,23,28H,12,14H2,1-3H3,(H,26,27). The quantitative estimate of drug-likeness (QED) is 0.587. The molecule has 1 atom stereocenters. The molecule has 146 valence electrons. The molecule has 1 unspecified atom stereocenters. The lowest BCUT2D eigenvalue weighted by Crippen LogP contribution is -2.44. The molecule has 0 aliphatic carbocycles. The highest BCUT2D eigenvalue weighted by Crippen LogP contribution is 2.26. The lowest BCUT2D eigenvalue weighted by molar-refractivity contribution is -0.156. The number of aliphatic carboxylic acids is 1. The predicted molar refractivity (Wildman–Crippen MR) is 108 cm³/mol. The molecule has 0 saturated heterocycles. The monoisotopic (exact) mass is 379 g/mol. The third-order valence-corrected chi connectivity index (χ3v) is 4.84. The Hall–Kier alpha value is -2.96. The van der Waals surface area contributed by atoms with Crippen molar-refractivity contribution in [3.8, 4) is 16.9 Å². The summed E-state index contributed by atoms with van der Waals surface area (Å²) in [5.41, 5.74) is 4.26. The number of rotatable bonds is 7. The van der Waals surface area contributed by atoms with Crippen LogP contribution in [0.2, 0.25) is 0 Å². The van der Waals surface area contributed by atoms with E-state index in [0.29, 0.717) is 6.54 Å². The van der Waals surface area contributed by atoms with Gasteiger partial charge in [0.15, 0.2) is 5.60 Å². The van der Waals surface area contributed by atoms with Gasteiger partial charge in [-0.3, -0.25) is 0 Å². The molecular formula is C22H25N3O3. The Morgan fingerprint density at radius 2 is 1.86 bits per heavy atom. The first-order valence-corrected chi connectivity index (χ1v) is 9.16. The van der Waals surface area contributed by atoms with E-state index < -0.39 is 11.6 Å². The summed E-state index contributed by atoms with van der Waals surface area (Å²) in [7, 11) is 0. The summed E-state index contributed by atoms with van der Waals surface area (Å²) in [6.45, 7) is 5.73. The molecule has 3 N–H and O–H groups in total. The van der Waals surface area contributed by atoms with E-state index in [4.69, 9.17) is 10.2 Å². The molecule has 1 aromatic heterocycles. The molecule has 2 aromatic carbocycles. The van der Waals surface area contributed by atoms with E-state index in [-0.39, 0.29) is 6.54 Å². The molecule has 0 fully saturated rings. The van der Waals surface area contributed by atoms with Crippen molar-refractivity contribution in [1.82, 2.24) is 15.1 Å². The van der Waals surface area contributed by atoms with Crippen LogP contribution in [-0.4, -0.2) is 38.1 Å². The average molecular weight is 379 g/mol. The number of nitrogens with zero attached hydrogens (tertiary/aromatic N) is 2. The van der Waals surface area contributed by atoms with Gasteiger partial charge in [-0.05, 0) is 50.1 Å². The van der Waals surface area contributed by atoms with Gasteiger partial charge in [-0.1, -0.05) is 30.3 Å². The SMILES string of the molecule is Cc1ccc(-c2nn(-c3ccccc3)cc2CNCC(C)(O)C(=O)O)cc1C. The van der Waals surface area contributed by atoms with E-state index in [1.165, 1.54) is 18.1 Å². The Bertz CT molecular complexity index is 978. The van der Waals surface area contributed by atoms with E-state index in [1.807, 2.05) is 47.3 Å². The summed E-state index contributed by atoms with van der Waals surface area (Å²) < 4.78 is 1.82. The number of para-hydroxylation sites is 1. The van der Waals surface area contributed by atoms with Gasteiger partial charge in [0.25, 0.3) is 0 Å². The van der Waals surface area contributed by atoms with Crippen molar-refractivity contribution in [1.29, 1.82) is 0 Å². The van der Waals surface area contributed by atoms with Crippen molar-refractivity contribution >= 4 is 5.97 Å². The van der Waals surface area contributed by atoms with Crippen LogP contribution >= 0.6 is 0 Å². The maximum atomic E-state index is 11.1. The molecule has 0 spiro atoms. The highest BCUT2D eigenvalue weighted by molar-refractivity contribution is 5.76. The summed E-state index contributed by atoms with van der Waals surface area (Å²) in [6, 6.07) is 16.0. The van der Waals surface area contributed by atoms with Gasteiger partial charge < -0.3 is 15.5 Å². The minimum atomic E-state index is -1.82. The van der Waals surface area contributed by atoms with Crippen molar-refractivity contribution in [2.24, 2.45) is 0 Å². The van der Waals surface area contributed by atoms with Crippen LogP contribution in [-0.2, 0) is 11.3 Å². The molecular weight excluding hydrogens is 354 g/mol. The second kappa shape index (κ2) is 7.96. The largest absolute Gasteiger partial charge is 0.479 e. The van der Waals surface area contributed by atoms with Crippen LogP contribution in [0.4, 0.5) is 0 Å². The minimum absolute atomic E-state index is 0.0643. The number of aliphatic hydroxyl groups is 1. The predicted octanol–water partition coefficient (Wildman–Crippen LogP) is 3.08. The molecule has 6 nitrogen and oxygen atoms in total. The number of aryl methyl sites for hydroxylation is 2. The molecule has 0 radical (unpaired) electrons. The third-order valence-electron chi connectivity index (χ3n) is 4.84. The van der Waals surface area contributed by atoms with Crippen LogP contribution in [0.1, 0.15) is 23.6 Å². The number of aromatic nitrogens is 2. The summed E-state index contributed by atoms with van der Waals surface area (Å²) in [4.78, 5) is 11.1. The maximum absolute atomic E-state index is 11.1. The van der Waals surface area contributed by atoms with Gasteiger partial charge in [-0.15, -0.1) is 0 Å². The van der Waals surface area contributed by atoms with Crippen molar-refractivity contribution < 1.29 is 15.0 Å². The van der Waals surface area contributed by atoms with Gasteiger partial charge in [-0.2, -0.15) is 5.10 Å². The van der Waals surface area contributed by atoms with Crippen LogP contribution < -0.4 is 5.32 Å². The number of carboxylic acid groups (broad SMARTS) is 1. The first kappa shape index (κ1) is 19.8. The van der Waals surface area contributed by atoms with E-state index in [9.17, 15) is 9.90 Å². The summed E-state index contributed by atoms with van der Waals surface area (Å²) >= 11 is 0. The van der Waals surface area contributed by atoms with Crippen molar-refractivity contribution in [3.63, 3.8) is 0 Å². The topological polar surface area (TPSA) is 87.4 Å². The second-order valence-corrected chi connectivity index (χ2v) is 7.26. The lowest BCUT2D eigenvalue weighted by atomic mass is 10.0. The number of benzene rings is 2. The molecule has 0 aliphatic heterocycles. The van der Waals surface area contributed by atoms with E-state index in [1.54, 1.807) is 0 Å². The van der Waals surface area contributed by atoms with E-state index >= 15 is 0 Å². The maximum Gasteiger partial charge on any atom is 0.336 e. The molecule has 3 rings (SSSR count). The zero-order chi connectivity index (χ0) is 20.3. The van der Waals surface area contributed by atoms with E-state index in [2.05, 4.69) is 31.3 Å². The zero-order valence-electron chi connectivity index (χ0n) is 16.3. The van der Waals surface area contributed by atoms with Crippen LogP contribution in [0.25, 0.3) is 16.9 Å². The Kier molecular flexibility index (Phi) is 5.63. The lowest BCUT2D eigenvalue weighted by Gasteiger charge is -2.18. The second-order valence-electron chi connectivity index (χ2n) is 7.26. The Labute approximate surface area is 164 Å². The van der Waals surface area contributed by atoms with Crippen molar-refractivity contribution in [2.75, 3.05) is 6.54 Å². The number of carboxylic acids is 1. The van der Waals surface area contributed by atoms with Gasteiger partial charge in [0, 0.05) is 30.4 Å². The number of nitrogens with one attached hydrogen (secondary N) is 1. The molecule has 0 amide bonds. The zero-order valence-corrected chi connectivity index (χ0v) is 16.3. The molecule has 3 aromatic rings. The van der Waals surface area contributed by atoms with E-state index in [0.717, 1.165) is 22.5 Å². The first-order chi connectivity index (χ1) is 13.3. The number of carbonyl (C=O) groups is 1. The van der Waals surface area contributed by atoms with Crippen molar-refractivity contribution in [2.45, 2.75) is 32.9 Å². The minimum Gasteiger partial charge on any atom is -0.479 e. The fraction of sp³-hybridized carbons (Fsp3) is 0.273. The smallest absolute Gasteiger partial charge is 0.336 e. The number of hydrogen-bond donors (Lipinski definition) is 3. The normalized spacial score (nSPS) is 13.3. The Morgan fingerprint density at radius 3 is 2.50 bits per heavy atom. The van der Waals surface area contributed by atoms with Crippen LogP contribution in [0.15, 0.2) is 54.7 Å². The van der Waals surface area contributed by atoms with Gasteiger partial charge in [0.2, 0.25) is 0 Å². The van der Waals surface area contributed by atoms with Gasteiger partial charge in [-0.25, -0.2) is 9.48 Å². The molecule has 6 heteroatoms. The molecule has 0 bridgehead atoms.